The van der Waals surface area contributed by atoms with Crippen LogP contribution < -0.4 is 5.32 Å². The molecule has 0 heterocycles. The van der Waals surface area contributed by atoms with E-state index in [4.69, 9.17) is 4.74 Å². The average molecular weight is 832 g/mol. The number of carbonyl (C=O) groups is 2. The molecule has 3 N–H and O–H groups in total. The number of aliphatic hydroxyl groups excluding tert-OH is 2. The summed E-state index contributed by atoms with van der Waals surface area (Å²) in [6.07, 6.45) is 53.9. The molecule has 6 nitrogen and oxygen atoms in total. The summed E-state index contributed by atoms with van der Waals surface area (Å²) in [4.78, 5) is 26.1. The largest absolute Gasteiger partial charge is 0.462 e. The first-order valence-corrected chi connectivity index (χ1v) is 26.1. The number of hydrogen-bond donors (Lipinski definition) is 3. The van der Waals surface area contributed by atoms with Crippen LogP contribution in [0, 0.1) is 0 Å². The Morgan fingerprint density at radius 3 is 1.27 bits per heavy atom. The van der Waals surface area contributed by atoms with Crippen molar-refractivity contribution in [1.82, 2.24) is 5.32 Å². The minimum Gasteiger partial charge on any atom is -0.462 e. The van der Waals surface area contributed by atoms with E-state index >= 15 is 0 Å². The fourth-order valence-corrected chi connectivity index (χ4v) is 7.99. The lowest BCUT2D eigenvalue weighted by Gasteiger charge is -2.24. The van der Waals surface area contributed by atoms with E-state index in [0.29, 0.717) is 19.3 Å². The van der Waals surface area contributed by atoms with E-state index in [-0.39, 0.29) is 24.9 Å². The lowest BCUT2D eigenvalue weighted by molar-refractivity contribution is -0.151. The number of esters is 1. The minimum atomic E-state index is -0.788. The molecule has 3 atom stereocenters. The van der Waals surface area contributed by atoms with Gasteiger partial charge in [-0.05, 0) is 70.6 Å². The predicted octanol–water partition coefficient (Wildman–Crippen LogP) is 15.5. The normalized spacial score (nSPS) is 13.4. The van der Waals surface area contributed by atoms with Gasteiger partial charge >= 0.3 is 5.97 Å². The first kappa shape index (κ1) is 57.3. The van der Waals surface area contributed by atoms with Crippen molar-refractivity contribution in [3.63, 3.8) is 0 Å². The maximum absolute atomic E-state index is 13.2. The third-order valence-electron chi connectivity index (χ3n) is 12.0. The summed E-state index contributed by atoms with van der Waals surface area (Å²) in [5.74, 6) is -0.491. The van der Waals surface area contributed by atoms with Crippen LogP contribution in [0.3, 0.4) is 0 Å². The number of carbonyl (C=O) groups excluding carboxylic acids is 2. The van der Waals surface area contributed by atoms with Gasteiger partial charge in [0.05, 0.1) is 25.2 Å². The van der Waals surface area contributed by atoms with Gasteiger partial charge in [-0.3, -0.25) is 9.59 Å². The molecular formula is C53H101NO5. The maximum Gasteiger partial charge on any atom is 0.306 e. The third kappa shape index (κ3) is 42.8. The average Bonchev–Trinajstić information content (AvgIpc) is 3.23. The van der Waals surface area contributed by atoms with E-state index in [1.165, 1.54) is 161 Å². The van der Waals surface area contributed by atoms with Crippen LogP contribution >= 0.6 is 0 Å². The molecule has 0 bridgehead atoms. The summed E-state index contributed by atoms with van der Waals surface area (Å²) in [7, 11) is 0. The highest BCUT2D eigenvalue weighted by atomic mass is 16.5. The van der Waals surface area contributed by atoms with Crippen LogP contribution in [-0.2, 0) is 14.3 Å². The van der Waals surface area contributed by atoms with Crippen molar-refractivity contribution in [2.45, 2.75) is 296 Å². The molecule has 0 aromatic heterocycles. The van der Waals surface area contributed by atoms with Crippen LogP contribution in [0.4, 0.5) is 0 Å². The highest BCUT2D eigenvalue weighted by molar-refractivity contribution is 5.77. The lowest BCUT2D eigenvalue weighted by atomic mass is 10.0. The van der Waals surface area contributed by atoms with Gasteiger partial charge in [-0.15, -0.1) is 0 Å². The molecule has 0 aliphatic heterocycles. The van der Waals surface area contributed by atoms with Crippen LogP contribution in [0.5, 0.6) is 0 Å². The number of ether oxygens (including phenoxy) is 1. The molecule has 0 fully saturated rings. The topological polar surface area (TPSA) is 95.9 Å². The molecule has 0 spiro atoms. The highest BCUT2D eigenvalue weighted by Crippen LogP contribution is 2.18. The molecule has 59 heavy (non-hydrogen) atoms. The van der Waals surface area contributed by atoms with E-state index in [2.05, 4.69) is 50.4 Å². The number of nitrogens with one attached hydrogen (secondary N) is 1. The van der Waals surface area contributed by atoms with Gasteiger partial charge < -0.3 is 20.3 Å². The lowest BCUT2D eigenvalue weighted by Crippen LogP contribution is -2.46. The van der Waals surface area contributed by atoms with Crippen LogP contribution in [-0.4, -0.2) is 46.9 Å². The van der Waals surface area contributed by atoms with Gasteiger partial charge in [-0.25, -0.2) is 0 Å². The number of unbranched alkanes of at least 4 members (excludes halogenated alkanes) is 31. The van der Waals surface area contributed by atoms with E-state index in [1.54, 1.807) is 0 Å². The number of amides is 1. The molecule has 0 aromatic rings. The van der Waals surface area contributed by atoms with Crippen molar-refractivity contribution in [3.05, 3.63) is 24.3 Å². The fraction of sp³-hybridized carbons (Fsp3) is 0.887. The molecule has 0 aromatic carbocycles. The fourth-order valence-electron chi connectivity index (χ4n) is 7.99. The molecule has 6 heteroatoms. The molecule has 0 saturated carbocycles. The number of rotatable bonds is 47. The van der Waals surface area contributed by atoms with Crippen LogP contribution in [0.2, 0.25) is 0 Å². The maximum atomic E-state index is 13.2. The molecule has 0 saturated heterocycles. The zero-order valence-electron chi connectivity index (χ0n) is 39.7. The summed E-state index contributed by atoms with van der Waals surface area (Å²) < 4.78 is 5.91. The van der Waals surface area contributed by atoms with Crippen molar-refractivity contribution in [1.29, 1.82) is 0 Å². The molecule has 3 unspecified atom stereocenters. The molecular weight excluding hydrogens is 731 g/mol. The summed E-state index contributed by atoms with van der Waals surface area (Å²) in [6, 6.07) is -0.703. The van der Waals surface area contributed by atoms with Gasteiger partial charge in [0, 0.05) is 6.42 Å². The standard InChI is InChI=1S/C53H101NO5/c1-4-7-10-13-16-19-21-23-24-25-26-27-29-31-34-37-40-43-46-53(58)59-49(44-41-38-35-32-18-15-12-9-6-3)47-52(57)54-50(48-55)51(56)45-42-39-36-33-30-28-22-20-17-14-11-8-5-2/h15,18,26-27,49-51,55-56H,4-14,16-17,19-25,28-48H2,1-3H3,(H,54,57)/b18-15-,27-26+. The van der Waals surface area contributed by atoms with Gasteiger partial charge in [-0.1, -0.05) is 218 Å². The smallest absolute Gasteiger partial charge is 0.306 e. The van der Waals surface area contributed by atoms with Crippen molar-refractivity contribution < 1.29 is 24.5 Å². The van der Waals surface area contributed by atoms with E-state index in [0.717, 1.165) is 70.6 Å². The Labute approximate surface area is 367 Å². The molecule has 1 amide bonds. The van der Waals surface area contributed by atoms with Crippen LogP contribution in [0.1, 0.15) is 278 Å². The number of allylic oxidation sites excluding steroid dienone is 4. The van der Waals surface area contributed by atoms with E-state index in [9.17, 15) is 19.8 Å². The Balaban J connectivity index is 4.43. The van der Waals surface area contributed by atoms with E-state index < -0.39 is 18.2 Å². The highest BCUT2D eigenvalue weighted by Gasteiger charge is 2.24. The predicted molar refractivity (Wildman–Crippen MR) is 255 cm³/mol. The molecule has 0 radical (unpaired) electrons. The third-order valence-corrected chi connectivity index (χ3v) is 12.0. The zero-order valence-corrected chi connectivity index (χ0v) is 39.7. The van der Waals surface area contributed by atoms with Gasteiger partial charge in [-0.2, -0.15) is 0 Å². The zero-order chi connectivity index (χ0) is 43.1. The summed E-state index contributed by atoms with van der Waals surface area (Å²) >= 11 is 0. The van der Waals surface area contributed by atoms with Gasteiger partial charge in [0.15, 0.2) is 0 Å². The Morgan fingerprint density at radius 2 is 0.831 bits per heavy atom. The van der Waals surface area contributed by atoms with Crippen LogP contribution in [0.15, 0.2) is 24.3 Å². The minimum absolute atomic E-state index is 0.0667. The number of aliphatic hydroxyl groups is 2. The summed E-state index contributed by atoms with van der Waals surface area (Å²) in [5.41, 5.74) is 0. The first-order valence-electron chi connectivity index (χ1n) is 26.1. The molecule has 0 rings (SSSR count). The Morgan fingerprint density at radius 1 is 0.475 bits per heavy atom. The van der Waals surface area contributed by atoms with Crippen molar-refractivity contribution in [2.75, 3.05) is 6.61 Å². The Hall–Kier alpha value is -1.66. The van der Waals surface area contributed by atoms with Gasteiger partial charge in [0.1, 0.15) is 6.10 Å². The second-order valence-corrected chi connectivity index (χ2v) is 17.9. The summed E-state index contributed by atoms with van der Waals surface area (Å²) in [6.45, 7) is 6.45. The first-order chi connectivity index (χ1) is 29.0. The quantitative estimate of drug-likeness (QED) is 0.0322. The second-order valence-electron chi connectivity index (χ2n) is 17.9. The molecule has 0 aliphatic rings. The number of hydrogen-bond acceptors (Lipinski definition) is 5. The van der Waals surface area contributed by atoms with E-state index in [1.807, 2.05) is 0 Å². The Kier molecular flexibility index (Phi) is 46.1. The van der Waals surface area contributed by atoms with Crippen molar-refractivity contribution >= 4 is 11.9 Å². The monoisotopic (exact) mass is 832 g/mol. The SMILES string of the molecule is CCCC/C=C\CCCCCC(CC(=O)NC(CO)C(O)CCCCCCCCCCCCCCC)OC(=O)CCCCCCC/C=C/CCCCCCCCCCC. The molecule has 348 valence electrons. The second kappa shape index (κ2) is 47.4. The van der Waals surface area contributed by atoms with Crippen LogP contribution in [0.25, 0.3) is 0 Å². The summed E-state index contributed by atoms with van der Waals surface area (Å²) in [5, 5.41) is 23.7. The van der Waals surface area contributed by atoms with Gasteiger partial charge in [0.25, 0.3) is 0 Å². The van der Waals surface area contributed by atoms with Gasteiger partial charge in [0.2, 0.25) is 5.91 Å². The van der Waals surface area contributed by atoms with Crippen molar-refractivity contribution in [2.24, 2.45) is 0 Å². The molecule has 0 aliphatic carbocycles. The van der Waals surface area contributed by atoms with Crippen molar-refractivity contribution in [3.8, 4) is 0 Å². The Bertz CT molecular complexity index is 935.